The topological polar surface area (TPSA) is 79.2 Å². The lowest BCUT2D eigenvalue weighted by Crippen LogP contribution is -2.29. The number of hydrogen-bond donors (Lipinski definition) is 1. The molecule has 6 heteroatoms. The summed E-state index contributed by atoms with van der Waals surface area (Å²) in [6.07, 6.45) is 1.82. The Morgan fingerprint density at radius 3 is 2.58 bits per heavy atom. The predicted molar refractivity (Wildman–Crippen MR) is 101 cm³/mol. The Bertz CT molecular complexity index is 883. The van der Waals surface area contributed by atoms with E-state index in [9.17, 15) is 9.59 Å². The van der Waals surface area contributed by atoms with Crippen molar-refractivity contribution in [3.05, 3.63) is 70.3 Å². The molecule has 132 valence electrons. The van der Waals surface area contributed by atoms with Crippen LogP contribution >= 0.6 is 11.6 Å². The molecule has 0 aromatic heterocycles. The number of rotatable bonds is 5. The Morgan fingerprint density at radius 1 is 1.23 bits per heavy atom. The summed E-state index contributed by atoms with van der Waals surface area (Å²) in [4.78, 5) is 24.0. The molecule has 0 aliphatic carbocycles. The minimum atomic E-state index is -0.966. The molecule has 0 saturated carbocycles. The van der Waals surface area contributed by atoms with E-state index in [-0.39, 0.29) is 0 Å². The van der Waals surface area contributed by atoms with Gasteiger partial charge in [0.1, 0.15) is 0 Å². The van der Waals surface area contributed by atoms with Crippen LogP contribution in [0.15, 0.2) is 48.5 Å². The second-order valence-corrected chi connectivity index (χ2v) is 6.03. The van der Waals surface area contributed by atoms with Crippen LogP contribution in [0.25, 0.3) is 6.08 Å². The summed E-state index contributed by atoms with van der Waals surface area (Å²) >= 11 is 5.92. The highest BCUT2D eigenvalue weighted by Gasteiger charge is 2.17. The van der Waals surface area contributed by atoms with E-state index in [1.807, 2.05) is 13.0 Å². The molecule has 2 rings (SSSR count). The van der Waals surface area contributed by atoms with Crippen LogP contribution in [-0.4, -0.2) is 18.0 Å². The van der Waals surface area contributed by atoms with Gasteiger partial charge in [0, 0.05) is 16.8 Å². The first kappa shape index (κ1) is 19.2. The van der Waals surface area contributed by atoms with E-state index < -0.39 is 18.0 Å². The first-order chi connectivity index (χ1) is 12.4. The summed E-state index contributed by atoms with van der Waals surface area (Å²) in [6.45, 7) is 3.33. The highest BCUT2D eigenvalue weighted by Crippen LogP contribution is 2.20. The lowest BCUT2D eigenvalue weighted by atomic mass is 10.1. The normalized spacial score (nSPS) is 11.6. The Morgan fingerprint density at radius 2 is 1.92 bits per heavy atom. The van der Waals surface area contributed by atoms with Crippen molar-refractivity contribution in [2.24, 2.45) is 0 Å². The van der Waals surface area contributed by atoms with E-state index in [4.69, 9.17) is 21.6 Å². The average Bonchev–Trinajstić information content (AvgIpc) is 2.63. The molecule has 0 radical (unpaired) electrons. The van der Waals surface area contributed by atoms with Gasteiger partial charge in [-0.2, -0.15) is 5.26 Å². The fraction of sp³-hybridized carbons (Fsp3) is 0.150. The fourth-order valence-corrected chi connectivity index (χ4v) is 2.24. The molecule has 0 saturated heterocycles. The molecule has 0 bridgehead atoms. The third-order valence-corrected chi connectivity index (χ3v) is 3.81. The second kappa shape index (κ2) is 8.84. The quantitative estimate of drug-likeness (QED) is 0.636. The second-order valence-electron chi connectivity index (χ2n) is 5.59. The number of ether oxygens (including phenoxy) is 1. The van der Waals surface area contributed by atoms with Gasteiger partial charge >= 0.3 is 5.97 Å². The minimum Gasteiger partial charge on any atom is -0.449 e. The molecular formula is C20H17ClN2O3. The highest BCUT2D eigenvalue weighted by molar-refractivity contribution is 6.31. The van der Waals surface area contributed by atoms with Crippen LogP contribution in [0.2, 0.25) is 5.02 Å². The van der Waals surface area contributed by atoms with Crippen molar-refractivity contribution in [3.8, 4) is 6.07 Å². The number of halogens is 1. The first-order valence-electron chi connectivity index (χ1n) is 7.85. The molecular weight excluding hydrogens is 352 g/mol. The Kier molecular flexibility index (Phi) is 6.54. The number of nitriles is 1. The molecule has 0 heterocycles. The number of benzene rings is 2. The highest BCUT2D eigenvalue weighted by atomic mass is 35.5. The molecule has 1 amide bonds. The Balaban J connectivity index is 1.93. The maximum atomic E-state index is 12.2. The van der Waals surface area contributed by atoms with E-state index in [1.54, 1.807) is 48.5 Å². The molecule has 1 N–H and O–H groups in total. The average molecular weight is 369 g/mol. The maximum absolute atomic E-state index is 12.2. The molecule has 5 nitrogen and oxygen atoms in total. The van der Waals surface area contributed by atoms with Gasteiger partial charge in [-0.1, -0.05) is 29.8 Å². The third-order valence-electron chi connectivity index (χ3n) is 3.57. The van der Waals surface area contributed by atoms with Crippen LogP contribution in [0.3, 0.4) is 0 Å². The number of amides is 1. The third kappa shape index (κ3) is 5.47. The van der Waals surface area contributed by atoms with Gasteiger partial charge in [-0.05, 0) is 55.3 Å². The van der Waals surface area contributed by atoms with Crippen molar-refractivity contribution in [3.63, 3.8) is 0 Å². The minimum absolute atomic E-state index is 0.449. The molecule has 0 aliphatic heterocycles. The Hall–Kier alpha value is -3.10. The van der Waals surface area contributed by atoms with Crippen molar-refractivity contribution in [1.29, 1.82) is 5.26 Å². The molecule has 0 fully saturated rings. The van der Waals surface area contributed by atoms with Crippen LogP contribution < -0.4 is 5.32 Å². The number of nitrogens with one attached hydrogen (secondary N) is 1. The van der Waals surface area contributed by atoms with Crippen molar-refractivity contribution in [1.82, 2.24) is 0 Å². The summed E-state index contributed by atoms with van der Waals surface area (Å²) < 4.78 is 5.10. The zero-order valence-electron chi connectivity index (χ0n) is 14.3. The number of aryl methyl sites for hydroxylation is 1. The van der Waals surface area contributed by atoms with Gasteiger partial charge < -0.3 is 10.1 Å². The number of carbonyl (C=O) groups is 2. The molecule has 0 aliphatic rings. The van der Waals surface area contributed by atoms with Crippen LogP contribution in [0, 0.1) is 18.3 Å². The number of carbonyl (C=O) groups excluding carboxylic acids is 2. The van der Waals surface area contributed by atoms with Crippen LogP contribution in [0.4, 0.5) is 5.69 Å². The summed E-state index contributed by atoms with van der Waals surface area (Å²) in [5, 5.41) is 11.9. The first-order valence-corrected chi connectivity index (χ1v) is 8.22. The van der Waals surface area contributed by atoms with Gasteiger partial charge in [-0.3, -0.25) is 4.79 Å². The largest absolute Gasteiger partial charge is 0.449 e. The molecule has 0 spiro atoms. The van der Waals surface area contributed by atoms with Gasteiger partial charge in [0.2, 0.25) is 0 Å². The zero-order valence-corrected chi connectivity index (χ0v) is 15.1. The van der Waals surface area contributed by atoms with Gasteiger partial charge in [-0.25, -0.2) is 4.79 Å². The van der Waals surface area contributed by atoms with E-state index in [2.05, 4.69) is 5.32 Å². The SMILES string of the molecule is Cc1ccc(Cl)cc1NC(=O)[C@@H](C)OC(=O)/C=C/c1ccc(C#N)cc1. The van der Waals surface area contributed by atoms with Crippen molar-refractivity contribution in [2.45, 2.75) is 20.0 Å². The summed E-state index contributed by atoms with van der Waals surface area (Å²) in [5.41, 5.74) is 2.69. The monoisotopic (exact) mass is 368 g/mol. The molecule has 26 heavy (non-hydrogen) atoms. The number of nitrogens with zero attached hydrogens (tertiary/aromatic N) is 1. The van der Waals surface area contributed by atoms with Gasteiger partial charge in [-0.15, -0.1) is 0 Å². The van der Waals surface area contributed by atoms with E-state index in [0.717, 1.165) is 11.1 Å². The van der Waals surface area contributed by atoms with Crippen LogP contribution in [-0.2, 0) is 14.3 Å². The maximum Gasteiger partial charge on any atom is 0.331 e. The smallest absolute Gasteiger partial charge is 0.331 e. The van der Waals surface area contributed by atoms with Crippen LogP contribution in [0.1, 0.15) is 23.6 Å². The van der Waals surface area contributed by atoms with E-state index in [1.165, 1.54) is 13.0 Å². The van der Waals surface area contributed by atoms with E-state index in [0.29, 0.717) is 16.3 Å². The number of hydrogen-bond acceptors (Lipinski definition) is 4. The molecule has 1 atom stereocenters. The molecule has 0 unspecified atom stereocenters. The summed E-state index contributed by atoms with van der Waals surface area (Å²) in [7, 11) is 0. The Labute approximate surface area is 156 Å². The van der Waals surface area contributed by atoms with Crippen LogP contribution in [0.5, 0.6) is 0 Å². The summed E-state index contributed by atoms with van der Waals surface area (Å²) in [5.74, 6) is -1.09. The lowest BCUT2D eigenvalue weighted by molar-refractivity contribution is -0.148. The number of esters is 1. The lowest BCUT2D eigenvalue weighted by Gasteiger charge is -2.14. The fourth-order valence-electron chi connectivity index (χ4n) is 2.06. The molecule has 2 aromatic rings. The van der Waals surface area contributed by atoms with Gasteiger partial charge in [0.25, 0.3) is 5.91 Å². The summed E-state index contributed by atoms with van der Waals surface area (Å²) in [6, 6.07) is 13.9. The number of anilines is 1. The van der Waals surface area contributed by atoms with Crippen molar-refractivity contribution < 1.29 is 14.3 Å². The predicted octanol–water partition coefficient (Wildman–Crippen LogP) is 4.10. The standard InChI is InChI=1S/C20H17ClN2O3/c1-13-3-9-17(21)11-18(13)23-20(25)14(2)26-19(24)10-8-15-4-6-16(12-22)7-5-15/h3-11,14H,1-2H3,(H,23,25)/b10-8+/t14-/m1/s1. The van der Waals surface area contributed by atoms with Crippen molar-refractivity contribution in [2.75, 3.05) is 5.32 Å². The van der Waals surface area contributed by atoms with Gasteiger partial charge in [0.05, 0.1) is 11.6 Å². The van der Waals surface area contributed by atoms with E-state index >= 15 is 0 Å². The molecule has 2 aromatic carbocycles. The van der Waals surface area contributed by atoms with Crippen molar-refractivity contribution >= 4 is 35.2 Å². The van der Waals surface area contributed by atoms with Gasteiger partial charge in [0.15, 0.2) is 6.10 Å². The zero-order chi connectivity index (χ0) is 19.1.